The molecule has 1 amide bonds. The van der Waals surface area contributed by atoms with Gasteiger partial charge in [-0.2, -0.15) is 0 Å². The summed E-state index contributed by atoms with van der Waals surface area (Å²) in [6.45, 7) is 1.71. The van der Waals surface area contributed by atoms with Crippen LogP contribution in [0.1, 0.15) is 34.3 Å². The number of halogens is 1. The fourth-order valence-corrected chi connectivity index (χ4v) is 2.21. The van der Waals surface area contributed by atoms with Gasteiger partial charge in [-0.15, -0.1) is 0 Å². The monoisotopic (exact) mass is 322 g/mol. The molecule has 7 heteroatoms. The first-order valence-corrected chi connectivity index (χ1v) is 6.94. The number of aromatic nitrogens is 1. The van der Waals surface area contributed by atoms with Gasteiger partial charge in [-0.1, -0.05) is 35.0 Å². The molecule has 1 heterocycles. The number of nitrogens with zero attached hydrogens (tertiary/aromatic N) is 1. The van der Waals surface area contributed by atoms with Crippen molar-refractivity contribution in [2.45, 2.75) is 19.4 Å². The summed E-state index contributed by atoms with van der Waals surface area (Å²) in [5.41, 5.74) is 1.21. The summed E-state index contributed by atoms with van der Waals surface area (Å²) in [5, 5.41) is 6.82. The van der Waals surface area contributed by atoms with Gasteiger partial charge in [0.25, 0.3) is 5.91 Å². The lowest BCUT2D eigenvalue weighted by Crippen LogP contribution is -2.30. The van der Waals surface area contributed by atoms with Crippen LogP contribution in [0.25, 0.3) is 0 Å². The molecule has 0 radical (unpaired) electrons. The highest BCUT2D eigenvalue weighted by Gasteiger charge is 2.23. The maximum atomic E-state index is 12.2. The summed E-state index contributed by atoms with van der Waals surface area (Å²) < 4.78 is 9.58. The van der Waals surface area contributed by atoms with E-state index in [0.29, 0.717) is 16.3 Å². The summed E-state index contributed by atoms with van der Waals surface area (Å²) in [6, 6.07) is 7.85. The van der Waals surface area contributed by atoms with Crippen molar-refractivity contribution in [3.05, 3.63) is 52.4 Å². The van der Waals surface area contributed by atoms with Gasteiger partial charge >= 0.3 is 5.97 Å². The summed E-state index contributed by atoms with van der Waals surface area (Å²) in [5.74, 6) is -0.868. The highest BCUT2D eigenvalue weighted by molar-refractivity contribution is 6.31. The summed E-state index contributed by atoms with van der Waals surface area (Å²) >= 11 is 6.14. The number of nitrogens with one attached hydrogen (secondary N) is 1. The van der Waals surface area contributed by atoms with Gasteiger partial charge in [-0.3, -0.25) is 9.59 Å². The van der Waals surface area contributed by atoms with Gasteiger partial charge in [0, 0.05) is 11.1 Å². The zero-order valence-corrected chi connectivity index (χ0v) is 12.9. The first-order valence-electron chi connectivity index (χ1n) is 6.56. The first-order chi connectivity index (χ1) is 10.5. The molecule has 0 saturated heterocycles. The topological polar surface area (TPSA) is 81.4 Å². The second kappa shape index (κ2) is 7.09. The molecule has 1 unspecified atom stereocenters. The van der Waals surface area contributed by atoms with Crippen molar-refractivity contribution in [2.75, 3.05) is 7.11 Å². The molecule has 2 rings (SSSR count). The van der Waals surface area contributed by atoms with Crippen LogP contribution < -0.4 is 5.32 Å². The van der Waals surface area contributed by atoms with Gasteiger partial charge in [-0.05, 0) is 18.6 Å². The van der Waals surface area contributed by atoms with Crippen LogP contribution in [0.2, 0.25) is 5.02 Å². The molecule has 22 heavy (non-hydrogen) atoms. The van der Waals surface area contributed by atoms with Gasteiger partial charge in [-0.25, -0.2) is 0 Å². The van der Waals surface area contributed by atoms with Gasteiger partial charge in [0.1, 0.15) is 0 Å². The minimum atomic E-state index is -0.626. The van der Waals surface area contributed by atoms with Crippen molar-refractivity contribution in [1.82, 2.24) is 10.5 Å². The number of aryl methyl sites for hydroxylation is 1. The number of methoxy groups -OCH3 is 1. The Morgan fingerprint density at radius 2 is 2.14 bits per heavy atom. The molecule has 1 atom stereocenters. The molecule has 0 aliphatic heterocycles. The number of hydrogen-bond acceptors (Lipinski definition) is 5. The second-order valence-electron chi connectivity index (χ2n) is 4.66. The van der Waals surface area contributed by atoms with Crippen molar-refractivity contribution < 1.29 is 18.8 Å². The molecule has 1 aromatic heterocycles. The Hall–Kier alpha value is -2.34. The van der Waals surface area contributed by atoms with Gasteiger partial charge in [0.15, 0.2) is 0 Å². The average molecular weight is 323 g/mol. The minimum Gasteiger partial charge on any atom is -0.469 e. The van der Waals surface area contributed by atoms with Crippen LogP contribution >= 0.6 is 11.6 Å². The highest BCUT2D eigenvalue weighted by atomic mass is 35.5. The van der Waals surface area contributed by atoms with Gasteiger partial charge in [0.05, 0.1) is 25.3 Å². The molecule has 0 aliphatic carbocycles. The summed E-state index contributed by atoms with van der Waals surface area (Å²) in [6.07, 6.45) is -0.0426. The number of amides is 1. The lowest BCUT2D eigenvalue weighted by atomic mass is 10.0. The van der Waals surface area contributed by atoms with E-state index in [1.165, 1.54) is 13.2 Å². The summed E-state index contributed by atoms with van der Waals surface area (Å²) in [4.78, 5) is 23.8. The number of benzene rings is 1. The maximum absolute atomic E-state index is 12.2. The molecule has 0 bridgehead atoms. The van der Waals surface area contributed by atoms with E-state index in [1.54, 1.807) is 31.2 Å². The molecule has 0 spiro atoms. The average Bonchev–Trinajstić information content (AvgIpc) is 2.93. The van der Waals surface area contributed by atoms with Gasteiger partial charge in [0.2, 0.25) is 5.76 Å². The van der Waals surface area contributed by atoms with E-state index in [1.807, 2.05) is 0 Å². The normalized spacial score (nSPS) is 11.8. The maximum Gasteiger partial charge on any atom is 0.307 e. The Morgan fingerprint density at radius 1 is 1.41 bits per heavy atom. The molecule has 116 valence electrons. The van der Waals surface area contributed by atoms with E-state index in [0.717, 1.165) is 0 Å². The lowest BCUT2D eigenvalue weighted by Gasteiger charge is -2.18. The minimum absolute atomic E-state index is 0.0426. The third kappa shape index (κ3) is 3.85. The van der Waals surface area contributed by atoms with Crippen LogP contribution in [0, 0.1) is 6.92 Å². The molecule has 0 aliphatic rings. The predicted molar refractivity (Wildman–Crippen MR) is 79.5 cm³/mol. The standard InChI is InChI=1S/C15H15ClN2O4/c1-9-7-13(22-18-9)15(20)17-12(8-14(19)21-2)10-5-3-4-6-11(10)16/h3-7,12H,8H2,1-2H3,(H,17,20). The smallest absolute Gasteiger partial charge is 0.307 e. The zero-order chi connectivity index (χ0) is 16.1. The van der Waals surface area contributed by atoms with Crippen molar-refractivity contribution >= 4 is 23.5 Å². The lowest BCUT2D eigenvalue weighted by molar-refractivity contribution is -0.141. The Morgan fingerprint density at radius 3 is 2.73 bits per heavy atom. The largest absolute Gasteiger partial charge is 0.469 e. The van der Waals surface area contributed by atoms with Crippen LogP contribution in [0.4, 0.5) is 0 Å². The van der Waals surface area contributed by atoms with Crippen LogP contribution in [0.15, 0.2) is 34.9 Å². The third-order valence-electron chi connectivity index (χ3n) is 3.04. The number of ether oxygens (including phenoxy) is 1. The van der Waals surface area contributed by atoms with Crippen molar-refractivity contribution in [1.29, 1.82) is 0 Å². The van der Waals surface area contributed by atoms with E-state index in [-0.39, 0.29) is 12.2 Å². The number of rotatable bonds is 5. The van der Waals surface area contributed by atoms with E-state index >= 15 is 0 Å². The molecular weight excluding hydrogens is 308 g/mol. The SMILES string of the molecule is COC(=O)CC(NC(=O)c1cc(C)no1)c1ccccc1Cl. The second-order valence-corrected chi connectivity index (χ2v) is 5.07. The van der Waals surface area contributed by atoms with E-state index in [2.05, 4.69) is 15.2 Å². The summed E-state index contributed by atoms with van der Waals surface area (Å²) in [7, 11) is 1.29. The molecular formula is C15H15ClN2O4. The molecule has 1 aromatic carbocycles. The first kappa shape index (κ1) is 16.0. The van der Waals surface area contributed by atoms with Crippen LogP contribution in [-0.2, 0) is 9.53 Å². The Labute approximate surface area is 132 Å². The molecule has 0 saturated carbocycles. The van der Waals surface area contributed by atoms with Crippen LogP contribution in [0.3, 0.4) is 0 Å². The molecule has 0 fully saturated rings. The quantitative estimate of drug-likeness (QED) is 0.856. The highest BCUT2D eigenvalue weighted by Crippen LogP contribution is 2.25. The number of esters is 1. The Kier molecular flexibility index (Phi) is 5.16. The number of carbonyl (C=O) groups excluding carboxylic acids is 2. The van der Waals surface area contributed by atoms with E-state index < -0.39 is 17.9 Å². The fourth-order valence-electron chi connectivity index (χ4n) is 1.95. The fraction of sp³-hybridized carbons (Fsp3) is 0.267. The van der Waals surface area contributed by atoms with Crippen molar-refractivity contribution in [3.8, 4) is 0 Å². The Balaban J connectivity index is 2.23. The van der Waals surface area contributed by atoms with Crippen molar-refractivity contribution in [2.24, 2.45) is 0 Å². The molecule has 1 N–H and O–H groups in total. The molecule has 2 aromatic rings. The van der Waals surface area contributed by atoms with E-state index in [4.69, 9.17) is 16.1 Å². The number of carbonyl (C=O) groups is 2. The van der Waals surface area contributed by atoms with E-state index in [9.17, 15) is 9.59 Å². The molecule has 6 nitrogen and oxygen atoms in total. The predicted octanol–water partition coefficient (Wildman–Crippen LogP) is 2.67. The van der Waals surface area contributed by atoms with Crippen molar-refractivity contribution in [3.63, 3.8) is 0 Å². The number of hydrogen-bond donors (Lipinski definition) is 1. The van der Waals surface area contributed by atoms with Gasteiger partial charge < -0.3 is 14.6 Å². The van der Waals surface area contributed by atoms with Crippen LogP contribution in [0.5, 0.6) is 0 Å². The third-order valence-corrected chi connectivity index (χ3v) is 3.38. The Bertz CT molecular complexity index is 684. The zero-order valence-electron chi connectivity index (χ0n) is 12.1. The van der Waals surface area contributed by atoms with Crippen LogP contribution in [-0.4, -0.2) is 24.1 Å².